The fourth-order valence-electron chi connectivity index (χ4n) is 1.56. The second kappa shape index (κ2) is 3.62. The van der Waals surface area contributed by atoms with E-state index in [2.05, 4.69) is 4.98 Å². The first kappa shape index (κ1) is 9.54. The molecule has 0 unspecified atom stereocenters. The summed E-state index contributed by atoms with van der Waals surface area (Å²) in [4.78, 5) is 14.6. The Balaban J connectivity index is 2.85. The van der Waals surface area contributed by atoms with Crippen LogP contribution < -0.4 is 5.73 Å². The van der Waals surface area contributed by atoms with Crippen LogP contribution in [0.5, 0.6) is 0 Å². The molecule has 0 fully saturated rings. The Morgan fingerprint density at radius 3 is 2.87 bits per heavy atom. The monoisotopic (exact) mass is 203 g/mol. The predicted octanol–water partition coefficient (Wildman–Crippen LogP) is 1.60. The molecule has 5 nitrogen and oxygen atoms in total. The van der Waals surface area contributed by atoms with Gasteiger partial charge in [0.2, 0.25) is 0 Å². The standard InChI is InChI=1S/C10H9N3O2/c11-6-7-3-4-9-8(2-1-5-12-9)10(7)13(14)15/h1-5H,6,11H2. The molecule has 0 bridgehead atoms. The lowest BCUT2D eigenvalue weighted by atomic mass is 10.1. The van der Waals surface area contributed by atoms with E-state index in [1.165, 1.54) is 0 Å². The van der Waals surface area contributed by atoms with Gasteiger partial charge in [0.1, 0.15) is 0 Å². The van der Waals surface area contributed by atoms with Crippen molar-refractivity contribution in [2.75, 3.05) is 0 Å². The van der Waals surface area contributed by atoms with Crippen molar-refractivity contribution >= 4 is 16.6 Å². The van der Waals surface area contributed by atoms with Crippen molar-refractivity contribution in [3.63, 3.8) is 0 Å². The van der Waals surface area contributed by atoms with Gasteiger partial charge in [0, 0.05) is 18.3 Å². The molecule has 0 amide bonds. The van der Waals surface area contributed by atoms with Gasteiger partial charge in [0.15, 0.2) is 0 Å². The van der Waals surface area contributed by atoms with Gasteiger partial charge in [-0.25, -0.2) is 0 Å². The largest absolute Gasteiger partial charge is 0.326 e. The Morgan fingerprint density at radius 2 is 2.20 bits per heavy atom. The molecular weight excluding hydrogens is 194 g/mol. The molecule has 76 valence electrons. The molecule has 0 atom stereocenters. The first-order chi connectivity index (χ1) is 7.24. The van der Waals surface area contributed by atoms with E-state index in [1.807, 2.05) is 0 Å². The van der Waals surface area contributed by atoms with Crippen LogP contribution in [-0.2, 0) is 6.54 Å². The van der Waals surface area contributed by atoms with Crippen LogP contribution in [0.4, 0.5) is 5.69 Å². The topological polar surface area (TPSA) is 82.0 Å². The summed E-state index contributed by atoms with van der Waals surface area (Å²) >= 11 is 0. The Kier molecular flexibility index (Phi) is 2.31. The highest BCUT2D eigenvalue weighted by Crippen LogP contribution is 2.27. The van der Waals surface area contributed by atoms with Gasteiger partial charge in [-0.2, -0.15) is 0 Å². The Labute approximate surface area is 85.7 Å². The van der Waals surface area contributed by atoms with Gasteiger partial charge in [0.25, 0.3) is 5.69 Å². The van der Waals surface area contributed by atoms with Crippen molar-refractivity contribution in [2.24, 2.45) is 5.73 Å². The van der Waals surface area contributed by atoms with E-state index >= 15 is 0 Å². The maximum atomic E-state index is 10.9. The molecule has 2 aromatic rings. The van der Waals surface area contributed by atoms with Gasteiger partial charge >= 0.3 is 0 Å². The van der Waals surface area contributed by atoms with Crippen molar-refractivity contribution in [1.29, 1.82) is 0 Å². The number of nitrogens with two attached hydrogens (primary N) is 1. The summed E-state index contributed by atoms with van der Waals surface area (Å²) in [6.07, 6.45) is 1.61. The van der Waals surface area contributed by atoms with E-state index < -0.39 is 4.92 Å². The summed E-state index contributed by atoms with van der Waals surface area (Å²) in [5.74, 6) is 0. The van der Waals surface area contributed by atoms with Crippen LogP contribution in [0, 0.1) is 10.1 Å². The van der Waals surface area contributed by atoms with Crippen molar-refractivity contribution in [3.05, 3.63) is 46.1 Å². The van der Waals surface area contributed by atoms with Crippen LogP contribution in [0.1, 0.15) is 5.56 Å². The van der Waals surface area contributed by atoms with E-state index in [0.29, 0.717) is 16.5 Å². The fourth-order valence-corrected chi connectivity index (χ4v) is 1.56. The number of nitro benzene ring substituents is 1. The number of hydrogen-bond donors (Lipinski definition) is 1. The number of hydrogen-bond acceptors (Lipinski definition) is 4. The van der Waals surface area contributed by atoms with E-state index in [1.54, 1.807) is 30.5 Å². The molecule has 2 N–H and O–H groups in total. The maximum absolute atomic E-state index is 10.9. The molecule has 2 rings (SSSR count). The molecule has 0 saturated heterocycles. The number of pyridine rings is 1. The maximum Gasteiger partial charge on any atom is 0.283 e. The molecule has 1 heterocycles. The number of nitro groups is 1. The zero-order valence-corrected chi connectivity index (χ0v) is 7.88. The quantitative estimate of drug-likeness (QED) is 0.593. The van der Waals surface area contributed by atoms with Gasteiger partial charge in [-0.3, -0.25) is 15.1 Å². The summed E-state index contributed by atoms with van der Waals surface area (Å²) in [5, 5.41) is 11.4. The van der Waals surface area contributed by atoms with Crippen LogP contribution >= 0.6 is 0 Å². The molecule has 1 aromatic heterocycles. The predicted molar refractivity (Wildman–Crippen MR) is 56.3 cm³/mol. The lowest BCUT2D eigenvalue weighted by Gasteiger charge is -2.02. The lowest BCUT2D eigenvalue weighted by Crippen LogP contribution is -2.02. The molecule has 0 saturated carbocycles. The van der Waals surface area contributed by atoms with E-state index in [9.17, 15) is 10.1 Å². The zero-order chi connectivity index (χ0) is 10.8. The minimum absolute atomic E-state index is 0.0584. The molecule has 0 spiro atoms. The fraction of sp³-hybridized carbons (Fsp3) is 0.100. The average molecular weight is 203 g/mol. The van der Waals surface area contributed by atoms with Crippen LogP contribution in [-0.4, -0.2) is 9.91 Å². The van der Waals surface area contributed by atoms with Gasteiger partial charge in [-0.05, 0) is 24.3 Å². The average Bonchev–Trinajstić information content (AvgIpc) is 2.27. The first-order valence-corrected chi connectivity index (χ1v) is 4.45. The minimum Gasteiger partial charge on any atom is -0.326 e. The Hall–Kier alpha value is -2.01. The van der Waals surface area contributed by atoms with Crippen LogP contribution in [0.3, 0.4) is 0 Å². The normalized spacial score (nSPS) is 10.5. The molecule has 5 heteroatoms. The third kappa shape index (κ3) is 1.53. The SMILES string of the molecule is NCc1ccc2ncccc2c1[N+](=O)[O-]. The van der Waals surface area contributed by atoms with E-state index in [-0.39, 0.29) is 12.2 Å². The van der Waals surface area contributed by atoms with Crippen molar-refractivity contribution in [1.82, 2.24) is 4.98 Å². The second-order valence-electron chi connectivity index (χ2n) is 3.10. The van der Waals surface area contributed by atoms with Crippen molar-refractivity contribution in [3.8, 4) is 0 Å². The number of nitrogens with zero attached hydrogens (tertiary/aromatic N) is 2. The Morgan fingerprint density at radius 1 is 1.40 bits per heavy atom. The number of fused-ring (bicyclic) bond motifs is 1. The summed E-state index contributed by atoms with van der Waals surface area (Å²) in [6.45, 7) is 0.154. The number of benzene rings is 1. The summed E-state index contributed by atoms with van der Waals surface area (Å²) in [6, 6.07) is 6.74. The summed E-state index contributed by atoms with van der Waals surface area (Å²) in [5.41, 5.74) is 6.65. The van der Waals surface area contributed by atoms with Gasteiger partial charge in [-0.1, -0.05) is 0 Å². The lowest BCUT2D eigenvalue weighted by molar-refractivity contribution is -0.383. The van der Waals surface area contributed by atoms with E-state index in [4.69, 9.17) is 5.73 Å². The van der Waals surface area contributed by atoms with Gasteiger partial charge in [-0.15, -0.1) is 0 Å². The first-order valence-electron chi connectivity index (χ1n) is 4.45. The van der Waals surface area contributed by atoms with Gasteiger partial charge in [0.05, 0.1) is 15.8 Å². The van der Waals surface area contributed by atoms with Crippen LogP contribution in [0.25, 0.3) is 10.9 Å². The highest BCUT2D eigenvalue weighted by Gasteiger charge is 2.17. The van der Waals surface area contributed by atoms with Gasteiger partial charge < -0.3 is 5.73 Å². The zero-order valence-electron chi connectivity index (χ0n) is 7.88. The molecule has 0 aliphatic rings. The summed E-state index contributed by atoms with van der Waals surface area (Å²) < 4.78 is 0. The third-order valence-electron chi connectivity index (χ3n) is 2.24. The second-order valence-corrected chi connectivity index (χ2v) is 3.10. The van der Waals surface area contributed by atoms with Crippen LogP contribution in [0.2, 0.25) is 0 Å². The van der Waals surface area contributed by atoms with E-state index in [0.717, 1.165) is 0 Å². The van der Waals surface area contributed by atoms with Crippen LogP contribution in [0.15, 0.2) is 30.5 Å². The molecule has 0 radical (unpaired) electrons. The molecule has 0 aliphatic heterocycles. The minimum atomic E-state index is -0.411. The molecule has 1 aromatic carbocycles. The Bertz CT molecular complexity index is 525. The number of rotatable bonds is 2. The smallest absolute Gasteiger partial charge is 0.283 e. The van der Waals surface area contributed by atoms with Crippen molar-refractivity contribution in [2.45, 2.75) is 6.54 Å². The third-order valence-corrected chi connectivity index (χ3v) is 2.24. The number of aromatic nitrogens is 1. The highest BCUT2D eigenvalue weighted by molar-refractivity contribution is 5.89. The molecule has 0 aliphatic carbocycles. The molecule has 15 heavy (non-hydrogen) atoms. The highest BCUT2D eigenvalue weighted by atomic mass is 16.6. The van der Waals surface area contributed by atoms with Crippen molar-refractivity contribution < 1.29 is 4.92 Å². The molecular formula is C10H9N3O2. The summed E-state index contributed by atoms with van der Waals surface area (Å²) in [7, 11) is 0.